The first-order chi connectivity index (χ1) is 18.2. The van der Waals surface area contributed by atoms with Crippen LogP contribution in [0.3, 0.4) is 0 Å². The average molecular weight is 642 g/mol. The lowest BCUT2D eigenvalue weighted by atomic mass is 10.1. The predicted molar refractivity (Wildman–Crippen MR) is 148 cm³/mol. The zero-order valence-electron chi connectivity index (χ0n) is 20.0. The van der Waals surface area contributed by atoms with Crippen molar-refractivity contribution in [3.8, 4) is 17.2 Å². The van der Waals surface area contributed by atoms with Crippen LogP contribution < -0.4 is 9.47 Å². The van der Waals surface area contributed by atoms with Crippen LogP contribution in [0.1, 0.15) is 22.2 Å². The van der Waals surface area contributed by atoms with Crippen LogP contribution in [0.2, 0.25) is 10.0 Å². The summed E-state index contributed by atoms with van der Waals surface area (Å²) in [6.45, 7) is 1.56. The predicted octanol–water partition coefficient (Wildman–Crippen LogP) is 7.48. The summed E-state index contributed by atoms with van der Waals surface area (Å²) in [5.74, 6) is 0.999. The zero-order valence-corrected chi connectivity index (χ0v) is 23.9. The van der Waals surface area contributed by atoms with E-state index in [-0.39, 0.29) is 19.0 Å². The second-order valence-electron chi connectivity index (χ2n) is 8.03. The Morgan fingerprint density at radius 2 is 1.87 bits per heavy atom. The molecule has 0 aliphatic carbocycles. The number of aryl methyl sites for hydroxylation is 1. The van der Waals surface area contributed by atoms with Gasteiger partial charge in [-0.05, 0) is 82.5 Å². The van der Waals surface area contributed by atoms with Gasteiger partial charge in [0.05, 0.1) is 21.6 Å². The highest BCUT2D eigenvalue weighted by Crippen LogP contribution is 2.43. The Bertz CT molecular complexity index is 1470. The molecule has 13 heteroatoms. The number of hydrogen-bond donors (Lipinski definition) is 0. The summed E-state index contributed by atoms with van der Waals surface area (Å²) >= 11 is 16.8. The minimum atomic E-state index is -0.651. The van der Waals surface area contributed by atoms with Crippen molar-refractivity contribution in [3.63, 3.8) is 0 Å². The molecule has 0 aliphatic rings. The van der Waals surface area contributed by atoms with Crippen molar-refractivity contribution in [2.75, 3.05) is 13.7 Å². The second-order valence-corrected chi connectivity index (χ2v) is 10.9. The second kappa shape index (κ2) is 12.3. The normalized spacial score (nSPS) is 11.8. The molecule has 1 heterocycles. The number of thioether (sulfide) groups is 1. The van der Waals surface area contributed by atoms with Crippen molar-refractivity contribution in [1.29, 1.82) is 0 Å². The number of rotatable bonds is 10. The molecular weight excluding hydrogens is 622 g/mol. The van der Waals surface area contributed by atoms with E-state index in [1.807, 2.05) is 0 Å². The topological polar surface area (TPSA) is 92.3 Å². The summed E-state index contributed by atoms with van der Waals surface area (Å²) in [6, 6.07) is 14.5. The molecule has 0 saturated heterocycles. The zero-order chi connectivity index (χ0) is 27.4. The Morgan fingerprint density at radius 3 is 2.53 bits per heavy atom. The SMILES string of the molecule is COc1cc([C@H](C[N+](=O)[O-])Sc2nnc(C)n2-c2ccc(F)cc2)cc(Br)c1OCc1ccc(Cl)c(Cl)c1. The molecule has 1 atom stereocenters. The van der Waals surface area contributed by atoms with Crippen molar-refractivity contribution in [3.05, 3.63) is 102 Å². The Balaban J connectivity index is 1.64. The van der Waals surface area contributed by atoms with Crippen molar-refractivity contribution in [2.45, 2.75) is 23.9 Å². The first-order valence-electron chi connectivity index (χ1n) is 11.1. The van der Waals surface area contributed by atoms with Gasteiger partial charge in [-0.25, -0.2) is 4.39 Å². The molecule has 0 saturated carbocycles. The van der Waals surface area contributed by atoms with Gasteiger partial charge in [0, 0.05) is 10.6 Å². The Hall–Kier alpha value is -2.86. The molecule has 198 valence electrons. The van der Waals surface area contributed by atoms with E-state index in [1.165, 1.54) is 31.0 Å². The van der Waals surface area contributed by atoms with Gasteiger partial charge in [0.15, 0.2) is 16.7 Å². The van der Waals surface area contributed by atoms with E-state index in [4.69, 9.17) is 32.7 Å². The number of nitrogens with zero attached hydrogens (tertiary/aromatic N) is 4. The highest BCUT2D eigenvalue weighted by Gasteiger charge is 2.26. The minimum absolute atomic E-state index is 0.193. The molecule has 0 N–H and O–H groups in total. The molecule has 0 radical (unpaired) electrons. The third-order valence-corrected chi connectivity index (χ3v) is 7.94. The number of nitro groups is 1. The fourth-order valence-electron chi connectivity index (χ4n) is 3.63. The fraction of sp³-hybridized carbons (Fsp3) is 0.200. The summed E-state index contributed by atoms with van der Waals surface area (Å²) in [5, 5.41) is 20.6. The summed E-state index contributed by atoms with van der Waals surface area (Å²) in [5.41, 5.74) is 2.05. The van der Waals surface area contributed by atoms with Gasteiger partial charge < -0.3 is 9.47 Å². The summed E-state index contributed by atoms with van der Waals surface area (Å²) in [7, 11) is 1.49. The maximum atomic E-state index is 13.5. The lowest BCUT2D eigenvalue weighted by Crippen LogP contribution is -2.12. The van der Waals surface area contributed by atoms with E-state index in [0.717, 1.165) is 5.56 Å². The highest BCUT2D eigenvalue weighted by molar-refractivity contribution is 9.10. The Morgan fingerprint density at radius 1 is 1.13 bits per heavy atom. The third kappa shape index (κ3) is 6.58. The molecule has 0 amide bonds. The molecule has 1 aromatic heterocycles. The van der Waals surface area contributed by atoms with Crippen molar-refractivity contribution >= 4 is 50.9 Å². The molecule has 8 nitrogen and oxygen atoms in total. The van der Waals surface area contributed by atoms with Crippen LogP contribution >= 0.6 is 50.9 Å². The number of benzene rings is 3. The number of hydrogen-bond acceptors (Lipinski definition) is 7. The maximum absolute atomic E-state index is 13.5. The first-order valence-corrected chi connectivity index (χ1v) is 13.5. The van der Waals surface area contributed by atoms with Crippen LogP contribution in [0.25, 0.3) is 5.69 Å². The number of ether oxygens (including phenoxy) is 2. The Kier molecular flexibility index (Phi) is 9.14. The van der Waals surface area contributed by atoms with E-state index in [0.29, 0.717) is 48.2 Å². The van der Waals surface area contributed by atoms with Crippen LogP contribution in [0, 0.1) is 22.9 Å². The van der Waals surface area contributed by atoms with Gasteiger partial charge in [-0.15, -0.1) is 10.2 Å². The van der Waals surface area contributed by atoms with E-state index in [2.05, 4.69) is 26.1 Å². The molecule has 0 spiro atoms. The summed E-state index contributed by atoms with van der Waals surface area (Å²) in [4.78, 5) is 11.2. The van der Waals surface area contributed by atoms with Gasteiger partial charge >= 0.3 is 0 Å². The molecule has 0 unspecified atom stereocenters. The quantitative estimate of drug-likeness (QED) is 0.101. The lowest BCUT2D eigenvalue weighted by Gasteiger charge is -2.18. The van der Waals surface area contributed by atoms with Crippen LogP contribution in [0.15, 0.2) is 64.2 Å². The fourth-order valence-corrected chi connectivity index (χ4v) is 5.68. The van der Waals surface area contributed by atoms with Gasteiger partial charge in [0.25, 0.3) is 0 Å². The lowest BCUT2D eigenvalue weighted by molar-refractivity contribution is -0.479. The monoisotopic (exact) mass is 640 g/mol. The van der Waals surface area contributed by atoms with Crippen molar-refractivity contribution in [1.82, 2.24) is 14.8 Å². The number of methoxy groups -OCH3 is 1. The van der Waals surface area contributed by atoms with Crippen LogP contribution in [0.4, 0.5) is 4.39 Å². The number of halogens is 4. The molecule has 4 rings (SSSR count). The molecule has 38 heavy (non-hydrogen) atoms. The van der Waals surface area contributed by atoms with Crippen LogP contribution in [-0.2, 0) is 6.61 Å². The molecule has 0 fully saturated rings. The standard InChI is InChI=1S/C25H20BrCl2FN4O4S/c1-14-30-31-25(33(14)18-6-4-17(29)5-7-18)38-23(12-32(34)35)16-10-19(26)24(22(11-16)36-2)37-13-15-3-8-20(27)21(28)9-15/h3-11,23H,12-13H2,1-2H3/t23-/m0/s1. The van der Waals surface area contributed by atoms with E-state index >= 15 is 0 Å². The van der Waals surface area contributed by atoms with Gasteiger partial charge in [-0.3, -0.25) is 14.7 Å². The maximum Gasteiger partial charge on any atom is 0.220 e. The van der Waals surface area contributed by atoms with Gasteiger partial charge in [0.1, 0.15) is 23.5 Å². The van der Waals surface area contributed by atoms with E-state index in [1.54, 1.807) is 54.0 Å². The Labute approximate surface area is 240 Å². The first kappa shape index (κ1) is 28.2. The average Bonchev–Trinajstić information content (AvgIpc) is 3.24. The van der Waals surface area contributed by atoms with E-state index in [9.17, 15) is 14.5 Å². The molecule has 0 aliphatic heterocycles. The largest absolute Gasteiger partial charge is 0.493 e. The van der Waals surface area contributed by atoms with E-state index < -0.39 is 10.2 Å². The number of aromatic nitrogens is 3. The van der Waals surface area contributed by atoms with Crippen LogP contribution in [0.5, 0.6) is 11.5 Å². The highest BCUT2D eigenvalue weighted by atomic mass is 79.9. The van der Waals surface area contributed by atoms with Gasteiger partial charge in [0.2, 0.25) is 6.54 Å². The molecule has 3 aromatic carbocycles. The van der Waals surface area contributed by atoms with Crippen molar-refractivity contribution < 1.29 is 18.8 Å². The van der Waals surface area contributed by atoms with Crippen molar-refractivity contribution in [2.24, 2.45) is 0 Å². The molecule has 4 aromatic rings. The minimum Gasteiger partial charge on any atom is -0.493 e. The smallest absolute Gasteiger partial charge is 0.220 e. The third-order valence-electron chi connectivity index (χ3n) is 5.43. The van der Waals surface area contributed by atoms with Gasteiger partial charge in [-0.1, -0.05) is 41.0 Å². The summed E-state index contributed by atoms with van der Waals surface area (Å²) < 4.78 is 27.3. The van der Waals surface area contributed by atoms with Gasteiger partial charge in [-0.2, -0.15) is 0 Å². The summed E-state index contributed by atoms with van der Waals surface area (Å²) in [6.07, 6.45) is 0. The molecule has 0 bridgehead atoms. The van der Waals surface area contributed by atoms with Crippen LogP contribution in [-0.4, -0.2) is 33.3 Å². The molecular formula is C25H20BrCl2FN4O4S.